The van der Waals surface area contributed by atoms with Crippen molar-refractivity contribution in [2.24, 2.45) is 0 Å². The van der Waals surface area contributed by atoms with Crippen molar-refractivity contribution in [1.29, 1.82) is 0 Å². The minimum Gasteiger partial charge on any atom is -0.497 e. The first-order valence-electron chi connectivity index (χ1n) is 9.92. The Balaban J connectivity index is 1.30. The summed E-state index contributed by atoms with van der Waals surface area (Å²) in [4.78, 5) is 15.5. The lowest BCUT2D eigenvalue weighted by molar-refractivity contribution is -0.129. The molecule has 2 heterocycles. The van der Waals surface area contributed by atoms with Crippen LogP contribution in [0.1, 0.15) is 0 Å². The number of carbonyl (C=O) groups excluding carboxylic acids is 1. The molecule has 1 fully saturated rings. The number of thioether (sulfide) groups is 1. The maximum atomic E-state index is 12.8. The lowest BCUT2D eigenvalue weighted by Crippen LogP contribution is -2.50. The lowest BCUT2D eigenvalue weighted by Gasteiger charge is -2.34. The zero-order chi connectivity index (χ0) is 21.8. The maximum Gasteiger partial charge on any atom is 0.243 e. The molecule has 10 heteroatoms. The molecule has 0 spiro atoms. The molecular formula is C21H24N2O6S2. The van der Waals surface area contributed by atoms with Crippen molar-refractivity contribution in [2.45, 2.75) is 9.79 Å². The van der Waals surface area contributed by atoms with Gasteiger partial charge in [-0.3, -0.25) is 4.79 Å². The molecule has 2 aliphatic rings. The molecule has 1 amide bonds. The zero-order valence-electron chi connectivity index (χ0n) is 17.2. The quantitative estimate of drug-likeness (QED) is 0.605. The molecule has 0 N–H and O–H groups in total. The van der Waals surface area contributed by atoms with E-state index in [2.05, 4.69) is 0 Å². The Morgan fingerprint density at radius 3 is 2.35 bits per heavy atom. The highest BCUT2D eigenvalue weighted by molar-refractivity contribution is 8.00. The third-order valence-corrected chi connectivity index (χ3v) is 8.06. The van der Waals surface area contributed by atoms with Crippen LogP contribution in [0, 0.1) is 0 Å². The minimum absolute atomic E-state index is 0.0126. The molecule has 2 aromatic rings. The average molecular weight is 465 g/mol. The van der Waals surface area contributed by atoms with E-state index < -0.39 is 10.0 Å². The number of sulfonamides is 1. The number of amides is 1. The summed E-state index contributed by atoms with van der Waals surface area (Å²) in [5, 5.41) is 0. The Kier molecular flexibility index (Phi) is 6.59. The summed E-state index contributed by atoms with van der Waals surface area (Å²) in [5.74, 6) is 2.29. The summed E-state index contributed by atoms with van der Waals surface area (Å²) in [6.45, 7) is 2.34. The van der Waals surface area contributed by atoms with E-state index in [-0.39, 0.29) is 29.6 Å². The molecule has 0 aliphatic carbocycles. The van der Waals surface area contributed by atoms with Gasteiger partial charge in [-0.05, 0) is 42.5 Å². The van der Waals surface area contributed by atoms with Gasteiger partial charge >= 0.3 is 0 Å². The van der Waals surface area contributed by atoms with Crippen molar-refractivity contribution in [3.63, 3.8) is 0 Å². The number of nitrogens with zero attached hydrogens (tertiary/aromatic N) is 2. The third-order valence-electron chi connectivity index (χ3n) is 5.16. The molecule has 4 rings (SSSR count). The van der Waals surface area contributed by atoms with Gasteiger partial charge in [-0.1, -0.05) is 0 Å². The van der Waals surface area contributed by atoms with Crippen LogP contribution in [0.3, 0.4) is 0 Å². The van der Waals surface area contributed by atoms with Crippen molar-refractivity contribution in [3.8, 4) is 17.2 Å². The zero-order valence-corrected chi connectivity index (χ0v) is 18.8. The SMILES string of the molecule is COc1ccc(S(=O)(=O)N2CCN(C(=O)CSc3ccc4c(c3)OCCO4)CC2)cc1. The molecule has 0 atom stereocenters. The number of benzene rings is 2. The molecule has 2 aromatic carbocycles. The fraction of sp³-hybridized carbons (Fsp3) is 0.381. The number of carbonyl (C=O) groups is 1. The van der Waals surface area contributed by atoms with Crippen molar-refractivity contribution in [1.82, 2.24) is 9.21 Å². The fourth-order valence-electron chi connectivity index (χ4n) is 3.42. The minimum atomic E-state index is -3.59. The molecule has 8 nitrogen and oxygen atoms in total. The molecule has 0 radical (unpaired) electrons. The van der Waals surface area contributed by atoms with Crippen LogP contribution in [0.25, 0.3) is 0 Å². The normalized spacial score (nSPS) is 16.7. The molecule has 31 heavy (non-hydrogen) atoms. The predicted octanol–water partition coefficient (Wildman–Crippen LogP) is 2.09. The van der Waals surface area contributed by atoms with Gasteiger partial charge in [0.2, 0.25) is 15.9 Å². The van der Waals surface area contributed by atoms with E-state index in [1.807, 2.05) is 18.2 Å². The van der Waals surface area contributed by atoms with Crippen LogP contribution in [0.5, 0.6) is 17.2 Å². The van der Waals surface area contributed by atoms with E-state index in [1.165, 1.54) is 35.3 Å². The van der Waals surface area contributed by atoms with Crippen molar-refractivity contribution < 1.29 is 27.4 Å². The van der Waals surface area contributed by atoms with Crippen LogP contribution in [-0.2, 0) is 14.8 Å². The molecule has 1 saturated heterocycles. The number of piperazine rings is 1. The molecule has 0 saturated carbocycles. The Bertz CT molecular complexity index is 1030. The van der Waals surface area contributed by atoms with Crippen molar-refractivity contribution >= 4 is 27.7 Å². The van der Waals surface area contributed by atoms with Gasteiger partial charge in [0.05, 0.1) is 17.8 Å². The van der Waals surface area contributed by atoms with Crippen LogP contribution >= 0.6 is 11.8 Å². The Hall–Kier alpha value is -2.43. The van der Waals surface area contributed by atoms with Crippen molar-refractivity contribution in [3.05, 3.63) is 42.5 Å². The highest BCUT2D eigenvalue weighted by Gasteiger charge is 2.30. The summed E-state index contributed by atoms with van der Waals surface area (Å²) < 4.78 is 43.3. The lowest BCUT2D eigenvalue weighted by atomic mass is 10.3. The second-order valence-corrected chi connectivity index (χ2v) is 10.0. The van der Waals surface area contributed by atoms with E-state index in [4.69, 9.17) is 14.2 Å². The highest BCUT2D eigenvalue weighted by Crippen LogP contribution is 2.34. The second kappa shape index (κ2) is 9.37. The Morgan fingerprint density at radius 2 is 1.68 bits per heavy atom. The Labute approximate surface area is 186 Å². The smallest absolute Gasteiger partial charge is 0.243 e. The van der Waals surface area contributed by atoms with Gasteiger partial charge in [-0.2, -0.15) is 4.31 Å². The van der Waals surface area contributed by atoms with Crippen LogP contribution in [0.2, 0.25) is 0 Å². The van der Waals surface area contributed by atoms with E-state index in [1.54, 1.807) is 17.0 Å². The summed E-state index contributed by atoms with van der Waals surface area (Å²) in [7, 11) is -2.06. The van der Waals surface area contributed by atoms with Crippen LogP contribution < -0.4 is 14.2 Å². The van der Waals surface area contributed by atoms with Gasteiger partial charge in [0.1, 0.15) is 19.0 Å². The van der Waals surface area contributed by atoms with Gasteiger partial charge in [0, 0.05) is 31.1 Å². The van der Waals surface area contributed by atoms with Gasteiger partial charge < -0.3 is 19.1 Å². The summed E-state index contributed by atoms with van der Waals surface area (Å²) in [6, 6.07) is 12.0. The number of hydrogen-bond donors (Lipinski definition) is 0. The van der Waals surface area contributed by atoms with Crippen molar-refractivity contribution in [2.75, 3.05) is 52.3 Å². The average Bonchev–Trinajstić information content (AvgIpc) is 2.82. The number of fused-ring (bicyclic) bond motifs is 1. The van der Waals surface area contributed by atoms with Gasteiger partial charge in [0.15, 0.2) is 11.5 Å². The highest BCUT2D eigenvalue weighted by atomic mass is 32.2. The molecule has 2 aliphatic heterocycles. The first-order valence-corrected chi connectivity index (χ1v) is 12.3. The summed E-state index contributed by atoms with van der Waals surface area (Å²) >= 11 is 1.43. The topological polar surface area (TPSA) is 85.4 Å². The van der Waals surface area contributed by atoms with E-state index in [0.29, 0.717) is 37.8 Å². The maximum absolute atomic E-state index is 12.8. The number of hydrogen-bond acceptors (Lipinski definition) is 7. The predicted molar refractivity (Wildman–Crippen MR) is 116 cm³/mol. The fourth-order valence-corrected chi connectivity index (χ4v) is 5.67. The first-order chi connectivity index (χ1) is 15.0. The molecule has 0 aromatic heterocycles. The summed E-state index contributed by atoms with van der Waals surface area (Å²) in [5.41, 5.74) is 0. The molecule has 166 valence electrons. The first kappa shape index (κ1) is 21.8. The van der Waals surface area contributed by atoms with Gasteiger partial charge in [-0.15, -0.1) is 11.8 Å². The molecular weight excluding hydrogens is 440 g/mol. The largest absolute Gasteiger partial charge is 0.497 e. The van der Waals surface area contributed by atoms with Gasteiger partial charge in [-0.25, -0.2) is 8.42 Å². The standard InChI is InChI=1S/C21H24N2O6S2/c1-27-16-2-5-18(6-3-16)31(25,26)23-10-8-22(9-11-23)21(24)15-30-17-4-7-19-20(14-17)29-13-12-28-19/h2-7,14H,8-13,15H2,1H3. The van der Waals surface area contributed by atoms with Crippen LogP contribution in [-0.4, -0.2) is 75.8 Å². The number of methoxy groups -OCH3 is 1. The number of ether oxygens (including phenoxy) is 3. The number of rotatable bonds is 6. The van der Waals surface area contributed by atoms with Crippen LogP contribution in [0.15, 0.2) is 52.3 Å². The Morgan fingerprint density at radius 1 is 1.00 bits per heavy atom. The van der Waals surface area contributed by atoms with E-state index >= 15 is 0 Å². The van der Waals surface area contributed by atoms with Crippen LogP contribution in [0.4, 0.5) is 0 Å². The summed E-state index contributed by atoms with van der Waals surface area (Å²) in [6.07, 6.45) is 0. The third kappa shape index (κ3) is 4.91. The van der Waals surface area contributed by atoms with Gasteiger partial charge in [0.25, 0.3) is 0 Å². The monoisotopic (exact) mass is 464 g/mol. The second-order valence-electron chi connectivity index (χ2n) is 7.05. The molecule has 0 unspecified atom stereocenters. The van der Waals surface area contributed by atoms with E-state index in [0.717, 1.165) is 10.6 Å². The molecule has 0 bridgehead atoms. The van der Waals surface area contributed by atoms with E-state index in [9.17, 15) is 13.2 Å².